The van der Waals surface area contributed by atoms with Crippen molar-refractivity contribution in [2.24, 2.45) is 0 Å². The molecule has 0 unspecified atom stereocenters. The van der Waals surface area contributed by atoms with Crippen LogP contribution >= 0.6 is 0 Å². The van der Waals surface area contributed by atoms with Gasteiger partial charge in [0.2, 0.25) is 5.91 Å². The minimum absolute atomic E-state index is 0.0246. The number of amides is 3. The summed E-state index contributed by atoms with van der Waals surface area (Å²) >= 11 is 0. The van der Waals surface area contributed by atoms with E-state index >= 15 is 0 Å². The third-order valence-electron chi connectivity index (χ3n) is 3.53. The minimum atomic E-state index is -4.44. The van der Waals surface area contributed by atoms with Crippen molar-refractivity contribution in [3.05, 3.63) is 30.1 Å². The number of likely N-dealkylation sites (tertiary alicyclic amines) is 1. The Balaban J connectivity index is 1.85. The molecule has 0 spiro atoms. The molecule has 0 saturated carbocycles. The first-order valence-electron chi connectivity index (χ1n) is 7.09. The first-order valence-corrected chi connectivity index (χ1v) is 7.09. The maximum atomic E-state index is 12.3. The van der Waals surface area contributed by atoms with E-state index in [1.807, 2.05) is 0 Å². The van der Waals surface area contributed by atoms with E-state index in [0.29, 0.717) is 4.90 Å². The number of halogens is 3. The average molecular weight is 330 g/mol. The summed E-state index contributed by atoms with van der Waals surface area (Å²) in [6, 6.07) is 1.62. The molecule has 0 bridgehead atoms. The number of carbonyl (C=O) groups excluding carboxylic acids is 2. The number of hydrogen-bond donors (Lipinski definition) is 2. The van der Waals surface area contributed by atoms with Crippen molar-refractivity contribution in [3.8, 4) is 0 Å². The van der Waals surface area contributed by atoms with Crippen LogP contribution in [0.3, 0.4) is 0 Å². The SMILES string of the molecule is C[C@@H](NC(=O)N[C@H]1CCN(CC(F)(F)F)C1=O)c1ccncc1. The van der Waals surface area contributed by atoms with Crippen molar-refractivity contribution < 1.29 is 22.8 Å². The zero-order valence-corrected chi connectivity index (χ0v) is 12.4. The first-order chi connectivity index (χ1) is 10.8. The molecule has 2 rings (SSSR count). The maximum Gasteiger partial charge on any atom is 0.406 e. The number of carbonyl (C=O) groups is 2. The van der Waals surface area contributed by atoms with E-state index in [4.69, 9.17) is 0 Å². The predicted molar refractivity (Wildman–Crippen MR) is 75.4 cm³/mol. The van der Waals surface area contributed by atoms with Crippen LogP contribution < -0.4 is 10.6 Å². The molecule has 6 nitrogen and oxygen atoms in total. The molecule has 23 heavy (non-hydrogen) atoms. The van der Waals surface area contributed by atoms with E-state index in [9.17, 15) is 22.8 Å². The number of nitrogens with zero attached hydrogens (tertiary/aromatic N) is 2. The van der Waals surface area contributed by atoms with E-state index in [0.717, 1.165) is 5.56 Å². The van der Waals surface area contributed by atoms with Crippen LogP contribution in [0.15, 0.2) is 24.5 Å². The summed E-state index contributed by atoms with van der Waals surface area (Å²) in [6.07, 6.45) is -1.11. The number of pyridine rings is 1. The van der Waals surface area contributed by atoms with Gasteiger partial charge in [0.05, 0.1) is 6.04 Å². The number of urea groups is 1. The molecule has 0 radical (unpaired) electrons. The molecule has 3 amide bonds. The summed E-state index contributed by atoms with van der Waals surface area (Å²) in [5.74, 6) is -0.714. The molecular formula is C14H17F3N4O2. The average Bonchev–Trinajstić information content (AvgIpc) is 2.79. The summed E-state index contributed by atoms with van der Waals surface area (Å²) < 4.78 is 37.0. The summed E-state index contributed by atoms with van der Waals surface area (Å²) in [6.45, 7) is 0.434. The molecule has 2 N–H and O–H groups in total. The highest BCUT2D eigenvalue weighted by Crippen LogP contribution is 2.21. The fourth-order valence-corrected chi connectivity index (χ4v) is 2.38. The molecule has 1 aromatic heterocycles. The number of aromatic nitrogens is 1. The third kappa shape index (κ3) is 4.83. The molecule has 1 aromatic rings. The van der Waals surface area contributed by atoms with E-state index in [1.54, 1.807) is 31.5 Å². The molecule has 9 heteroatoms. The van der Waals surface area contributed by atoms with Gasteiger partial charge in [-0.25, -0.2) is 4.79 Å². The summed E-state index contributed by atoms with van der Waals surface area (Å²) in [5.41, 5.74) is 0.826. The van der Waals surface area contributed by atoms with Crippen molar-refractivity contribution in [1.82, 2.24) is 20.5 Å². The topological polar surface area (TPSA) is 74.3 Å². The van der Waals surface area contributed by atoms with Gasteiger partial charge in [0, 0.05) is 18.9 Å². The van der Waals surface area contributed by atoms with Crippen molar-refractivity contribution in [3.63, 3.8) is 0 Å². The van der Waals surface area contributed by atoms with Crippen LogP contribution in [0.1, 0.15) is 24.9 Å². The fourth-order valence-electron chi connectivity index (χ4n) is 2.38. The van der Waals surface area contributed by atoms with Crippen LogP contribution in [0.2, 0.25) is 0 Å². The maximum absolute atomic E-state index is 12.3. The van der Waals surface area contributed by atoms with Gasteiger partial charge in [0.15, 0.2) is 0 Å². The molecule has 0 aromatic carbocycles. The summed E-state index contributed by atoms with van der Waals surface area (Å²) in [7, 11) is 0. The molecule has 1 fully saturated rings. The molecular weight excluding hydrogens is 313 g/mol. The van der Waals surface area contributed by atoms with Gasteiger partial charge >= 0.3 is 12.2 Å². The van der Waals surface area contributed by atoms with Gasteiger partial charge in [-0.15, -0.1) is 0 Å². The highest BCUT2D eigenvalue weighted by Gasteiger charge is 2.39. The lowest BCUT2D eigenvalue weighted by Crippen LogP contribution is -2.47. The van der Waals surface area contributed by atoms with Crippen molar-refractivity contribution in [2.45, 2.75) is 31.6 Å². The van der Waals surface area contributed by atoms with Gasteiger partial charge in [-0.2, -0.15) is 13.2 Å². The normalized spacial score (nSPS) is 19.6. The second kappa shape index (κ2) is 6.84. The lowest BCUT2D eigenvalue weighted by Gasteiger charge is -2.19. The second-order valence-corrected chi connectivity index (χ2v) is 5.34. The van der Waals surface area contributed by atoms with Crippen molar-refractivity contribution in [2.75, 3.05) is 13.1 Å². The Labute approximate surface area is 131 Å². The summed E-state index contributed by atoms with van der Waals surface area (Å²) in [4.78, 5) is 28.3. The minimum Gasteiger partial charge on any atom is -0.332 e. The molecule has 1 aliphatic heterocycles. The van der Waals surface area contributed by atoms with Crippen LogP contribution in [0, 0.1) is 0 Å². The van der Waals surface area contributed by atoms with Crippen LogP contribution in [0.5, 0.6) is 0 Å². The lowest BCUT2D eigenvalue weighted by atomic mass is 10.1. The van der Waals surface area contributed by atoms with Crippen molar-refractivity contribution >= 4 is 11.9 Å². The zero-order valence-electron chi connectivity index (χ0n) is 12.4. The quantitative estimate of drug-likeness (QED) is 0.881. The zero-order chi connectivity index (χ0) is 17.0. The molecule has 1 aliphatic rings. The Hall–Kier alpha value is -2.32. The number of rotatable bonds is 4. The molecule has 0 aliphatic carbocycles. The molecule has 126 valence electrons. The van der Waals surface area contributed by atoms with E-state index in [1.165, 1.54) is 0 Å². The Bertz CT molecular complexity index is 565. The number of hydrogen-bond acceptors (Lipinski definition) is 3. The molecule has 2 heterocycles. The van der Waals surface area contributed by atoms with Gasteiger partial charge in [-0.3, -0.25) is 9.78 Å². The van der Waals surface area contributed by atoms with Gasteiger partial charge in [0.25, 0.3) is 0 Å². The second-order valence-electron chi connectivity index (χ2n) is 5.34. The van der Waals surface area contributed by atoms with Gasteiger partial charge < -0.3 is 15.5 Å². The fraction of sp³-hybridized carbons (Fsp3) is 0.500. The monoisotopic (exact) mass is 330 g/mol. The van der Waals surface area contributed by atoms with Crippen LogP contribution in [-0.4, -0.2) is 47.1 Å². The smallest absolute Gasteiger partial charge is 0.332 e. The largest absolute Gasteiger partial charge is 0.406 e. The van der Waals surface area contributed by atoms with E-state index in [-0.39, 0.29) is 19.0 Å². The Morgan fingerprint density at radius 3 is 2.70 bits per heavy atom. The predicted octanol–water partition coefficient (Wildman–Crippen LogP) is 1.60. The Morgan fingerprint density at radius 1 is 1.43 bits per heavy atom. The van der Waals surface area contributed by atoms with Crippen LogP contribution in [0.4, 0.5) is 18.0 Å². The van der Waals surface area contributed by atoms with Crippen LogP contribution in [0.25, 0.3) is 0 Å². The highest BCUT2D eigenvalue weighted by atomic mass is 19.4. The van der Waals surface area contributed by atoms with Gasteiger partial charge in [-0.1, -0.05) is 0 Å². The Kier molecular flexibility index (Phi) is 5.07. The number of alkyl halides is 3. The van der Waals surface area contributed by atoms with Crippen LogP contribution in [-0.2, 0) is 4.79 Å². The van der Waals surface area contributed by atoms with Crippen molar-refractivity contribution in [1.29, 1.82) is 0 Å². The highest BCUT2D eigenvalue weighted by molar-refractivity contribution is 5.88. The standard InChI is InChI=1S/C14H17F3N4O2/c1-9(10-2-5-18-6-3-10)19-13(23)20-11-4-7-21(12(11)22)8-14(15,16)17/h2-3,5-6,9,11H,4,7-8H2,1H3,(H2,19,20,23)/t9-,11+/m1/s1. The molecule has 2 atom stereocenters. The number of nitrogens with one attached hydrogen (secondary N) is 2. The first kappa shape index (κ1) is 17.0. The Morgan fingerprint density at radius 2 is 2.09 bits per heavy atom. The third-order valence-corrected chi connectivity index (χ3v) is 3.53. The van der Waals surface area contributed by atoms with Gasteiger partial charge in [0.1, 0.15) is 12.6 Å². The molecule has 1 saturated heterocycles. The summed E-state index contributed by atoms with van der Waals surface area (Å²) in [5, 5.41) is 5.06. The van der Waals surface area contributed by atoms with E-state index in [2.05, 4.69) is 15.6 Å². The van der Waals surface area contributed by atoms with E-state index < -0.39 is 30.7 Å². The van der Waals surface area contributed by atoms with Gasteiger partial charge in [-0.05, 0) is 31.0 Å². The lowest BCUT2D eigenvalue weighted by molar-refractivity contribution is -0.157.